The van der Waals surface area contributed by atoms with Crippen molar-refractivity contribution in [1.29, 1.82) is 0 Å². The molecule has 0 bridgehead atoms. The minimum Gasteiger partial charge on any atom is -0.358 e. The molecule has 1 aliphatic carbocycles. The normalized spacial score (nSPS) is 16.5. The zero-order valence-electron chi connectivity index (χ0n) is 17.5. The molecule has 1 aromatic carbocycles. The summed E-state index contributed by atoms with van der Waals surface area (Å²) >= 11 is 4.61. The monoisotopic (exact) mass is 452 g/mol. The van der Waals surface area contributed by atoms with E-state index in [4.69, 9.17) is 15.8 Å². The van der Waals surface area contributed by atoms with Gasteiger partial charge in [0.15, 0.2) is 0 Å². The fourth-order valence-electron chi connectivity index (χ4n) is 2.78. The van der Waals surface area contributed by atoms with E-state index in [0.717, 1.165) is 11.3 Å². The molecular formula is C20H25ClN4O4S. The smallest absolute Gasteiger partial charge is 0.235 e. The summed E-state index contributed by atoms with van der Waals surface area (Å²) in [6, 6.07) is 5.73. The number of carbonyl (C=O) groups is 2. The van der Waals surface area contributed by atoms with Crippen LogP contribution in [0.1, 0.15) is 26.3 Å². The first kappa shape index (κ1) is 23.9. The van der Waals surface area contributed by atoms with Crippen LogP contribution in [0.15, 0.2) is 45.6 Å². The molecule has 1 aliphatic rings. The molecule has 30 heavy (non-hydrogen) atoms. The SMILES string of the molecule is CCN(CNS(=O)OC)c1ccc(N=C2C=C(NC(C)=O)C(=O)C(Cl)=C2C)c(C)c1. The molecule has 162 valence electrons. The minimum atomic E-state index is -1.55. The lowest BCUT2D eigenvalue weighted by Gasteiger charge is -2.23. The van der Waals surface area contributed by atoms with Gasteiger partial charge in [0.25, 0.3) is 0 Å². The fraction of sp³-hybridized carbons (Fsp3) is 0.350. The summed E-state index contributed by atoms with van der Waals surface area (Å²) in [6.45, 7) is 8.00. The van der Waals surface area contributed by atoms with Crippen LogP contribution in [-0.4, -0.2) is 41.9 Å². The number of aliphatic imine (C=N–C) groups is 1. The molecule has 0 aliphatic heterocycles. The Morgan fingerprint density at radius 3 is 2.60 bits per heavy atom. The van der Waals surface area contributed by atoms with Gasteiger partial charge in [0, 0.05) is 19.2 Å². The Labute approximate surface area is 183 Å². The Hall–Kier alpha value is -2.33. The lowest BCUT2D eigenvalue weighted by molar-refractivity contribution is -0.120. The van der Waals surface area contributed by atoms with E-state index in [9.17, 15) is 13.8 Å². The maximum Gasteiger partial charge on any atom is 0.235 e. The molecule has 0 aromatic heterocycles. The van der Waals surface area contributed by atoms with Crippen LogP contribution in [0.25, 0.3) is 0 Å². The number of benzene rings is 1. The minimum absolute atomic E-state index is 0.0312. The fourth-order valence-corrected chi connectivity index (χ4v) is 3.35. The van der Waals surface area contributed by atoms with Gasteiger partial charge in [0.1, 0.15) is 0 Å². The number of halogens is 1. The number of hydrogen-bond acceptors (Lipinski definition) is 6. The number of Topliss-reactive ketones (excluding diaryl/α,β-unsaturated/α-hetero) is 1. The molecule has 0 spiro atoms. The summed E-state index contributed by atoms with van der Waals surface area (Å²) in [6.07, 6.45) is 1.53. The van der Waals surface area contributed by atoms with Crippen LogP contribution in [-0.2, 0) is 25.0 Å². The van der Waals surface area contributed by atoms with Crippen LogP contribution < -0.4 is 14.9 Å². The van der Waals surface area contributed by atoms with Crippen molar-refractivity contribution in [3.63, 3.8) is 0 Å². The van der Waals surface area contributed by atoms with Crippen LogP contribution >= 0.6 is 11.6 Å². The highest BCUT2D eigenvalue weighted by Crippen LogP contribution is 2.28. The number of carbonyl (C=O) groups excluding carboxylic acids is 2. The zero-order chi connectivity index (χ0) is 22.4. The van der Waals surface area contributed by atoms with E-state index in [1.165, 1.54) is 20.1 Å². The molecule has 8 nitrogen and oxygen atoms in total. The van der Waals surface area contributed by atoms with E-state index in [0.29, 0.717) is 30.2 Å². The highest BCUT2D eigenvalue weighted by atomic mass is 35.5. The summed E-state index contributed by atoms with van der Waals surface area (Å²) in [4.78, 5) is 30.3. The first-order chi connectivity index (χ1) is 14.2. The summed E-state index contributed by atoms with van der Waals surface area (Å²) in [5, 5.41) is 2.53. The average Bonchev–Trinajstić information content (AvgIpc) is 2.71. The van der Waals surface area contributed by atoms with E-state index in [1.54, 1.807) is 6.92 Å². The van der Waals surface area contributed by atoms with Crippen molar-refractivity contribution >= 4 is 51.6 Å². The zero-order valence-corrected chi connectivity index (χ0v) is 19.1. The molecule has 0 heterocycles. The standard InChI is InChI=1S/C20H25ClN4O4S/c1-6-25(11-22-30(28)29-5)15-7-8-16(12(2)9-15)24-17-10-18(23-14(4)26)20(27)19(21)13(17)3/h7-10,22H,6,11H2,1-5H3,(H,23,26). The van der Waals surface area contributed by atoms with Crippen molar-refractivity contribution in [3.05, 3.63) is 46.1 Å². The third-order valence-electron chi connectivity index (χ3n) is 4.44. The van der Waals surface area contributed by atoms with E-state index in [1.807, 2.05) is 36.9 Å². The van der Waals surface area contributed by atoms with Crippen LogP contribution in [0, 0.1) is 6.92 Å². The molecular weight excluding hydrogens is 428 g/mol. The van der Waals surface area contributed by atoms with Gasteiger partial charge in [-0.05, 0) is 56.2 Å². The maximum atomic E-state index is 12.3. The van der Waals surface area contributed by atoms with Crippen LogP contribution in [0.2, 0.25) is 0 Å². The van der Waals surface area contributed by atoms with Gasteiger partial charge >= 0.3 is 0 Å². The number of aryl methyl sites for hydroxylation is 1. The molecule has 0 saturated carbocycles. The molecule has 1 unspecified atom stereocenters. The summed E-state index contributed by atoms with van der Waals surface area (Å²) < 4.78 is 18.9. The highest BCUT2D eigenvalue weighted by molar-refractivity contribution is 7.78. The molecule has 1 amide bonds. The third-order valence-corrected chi connectivity index (χ3v) is 5.56. The third kappa shape index (κ3) is 5.85. The molecule has 1 atom stereocenters. The van der Waals surface area contributed by atoms with Gasteiger partial charge in [0.2, 0.25) is 23.0 Å². The predicted molar refractivity (Wildman–Crippen MR) is 120 cm³/mol. The number of nitrogens with one attached hydrogen (secondary N) is 2. The average molecular weight is 453 g/mol. The molecule has 2 N–H and O–H groups in total. The largest absolute Gasteiger partial charge is 0.358 e. The predicted octanol–water partition coefficient (Wildman–Crippen LogP) is 2.78. The van der Waals surface area contributed by atoms with Crippen LogP contribution in [0.4, 0.5) is 11.4 Å². The van der Waals surface area contributed by atoms with E-state index in [2.05, 4.69) is 15.0 Å². The Morgan fingerprint density at radius 1 is 1.33 bits per heavy atom. The summed E-state index contributed by atoms with van der Waals surface area (Å²) in [5.41, 5.74) is 3.68. The second-order valence-electron chi connectivity index (χ2n) is 6.54. The van der Waals surface area contributed by atoms with Crippen molar-refractivity contribution in [1.82, 2.24) is 10.0 Å². The van der Waals surface area contributed by atoms with Gasteiger partial charge in [-0.25, -0.2) is 9.20 Å². The summed E-state index contributed by atoms with van der Waals surface area (Å²) in [7, 11) is 1.37. The molecule has 0 radical (unpaired) electrons. The number of amides is 1. The molecule has 0 fully saturated rings. The van der Waals surface area contributed by atoms with E-state index < -0.39 is 17.0 Å². The van der Waals surface area contributed by atoms with Crippen molar-refractivity contribution in [2.75, 3.05) is 25.2 Å². The van der Waals surface area contributed by atoms with Gasteiger partial charge in [-0.1, -0.05) is 11.6 Å². The number of ketones is 1. The molecule has 10 heteroatoms. The molecule has 0 saturated heterocycles. The van der Waals surface area contributed by atoms with Crippen LogP contribution in [0.5, 0.6) is 0 Å². The van der Waals surface area contributed by atoms with E-state index >= 15 is 0 Å². The second-order valence-corrected chi connectivity index (χ2v) is 8.00. The van der Waals surface area contributed by atoms with Gasteiger partial charge in [-0.15, -0.1) is 0 Å². The number of anilines is 1. The van der Waals surface area contributed by atoms with Crippen LogP contribution in [0.3, 0.4) is 0 Å². The Kier molecular flexibility index (Phi) is 8.48. The summed E-state index contributed by atoms with van der Waals surface area (Å²) in [5.74, 6) is -0.795. The Balaban J connectivity index is 2.34. The van der Waals surface area contributed by atoms with Crippen molar-refractivity contribution in [3.8, 4) is 0 Å². The quantitative estimate of drug-likeness (QED) is 0.466. The molecule has 1 aromatic rings. The van der Waals surface area contributed by atoms with Crippen molar-refractivity contribution in [2.45, 2.75) is 27.7 Å². The van der Waals surface area contributed by atoms with Gasteiger partial charge in [-0.2, -0.15) is 4.72 Å². The number of nitrogens with zero attached hydrogens (tertiary/aromatic N) is 2. The van der Waals surface area contributed by atoms with Gasteiger partial charge < -0.3 is 10.2 Å². The number of allylic oxidation sites excluding steroid dienone is 3. The van der Waals surface area contributed by atoms with Crippen molar-refractivity contribution in [2.24, 2.45) is 4.99 Å². The van der Waals surface area contributed by atoms with Gasteiger partial charge in [0.05, 0.1) is 35.9 Å². The number of rotatable bonds is 8. The highest BCUT2D eigenvalue weighted by Gasteiger charge is 2.24. The first-order valence-corrected chi connectivity index (χ1v) is 10.7. The van der Waals surface area contributed by atoms with Gasteiger partial charge in [-0.3, -0.25) is 13.8 Å². The Bertz CT molecular complexity index is 972. The number of hydrogen-bond donors (Lipinski definition) is 2. The lowest BCUT2D eigenvalue weighted by atomic mass is 10.0. The lowest BCUT2D eigenvalue weighted by Crippen LogP contribution is -2.35. The first-order valence-electron chi connectivity index (χ1n) is 9.22. The Morgan fingerprint density at radius 2 is 2.03 bits per heavy atom. The topological polar surface area (TPSA) is 100 Å². The maximum absolute atomic E-state index is 12.3. The second kappa shape index (κ2) is 10.6. The van der Waals surface area contributed by atoms with E-state index in [-0.39, 0.29) is 16.6 Å². The van der Waals surface area contributed by atoms with Crippen molar-refractivity contribution < 1.29 is 18.0 Å². The molecule has 2 rings (SSSR count).